The van der Waals surface area contributed by atoms with Gasteiger partial charge in [-0.1, -0.05) is 24.3 Å². The molecule has 0 aromatic heterocycles. The number of epoxide rings is 2. The van der Waals surface area contributed by atoms with Crippen LogP contribution in [-0.4, -0.2) is 38.6 Å². The molecule has 0 radical (unpaired) electrons. The molecule has 0 saturated carbocycles. The van der Waals surface area contributed by atoms with Gasteiger partial charge in [-0.3, -0.25) is 0 Å². The van der Waals surface area contributed by atoms with Crippen molar-refractivity contribution in [1.82, 2.24) is 0 Å². The van der Waals surface area contributed by atoms with Gasteiger partial charge in [-0.25, -0.2) is 0 Å². The van der Waals surface area contributed by atoms with E-state index in [1.165, 1.54) is 11.1 Å². The first kappa shape index (κ1) is 15.5. The molecular formula is C20H22O4. The predicted molar refractivity (Wildman–Crippen MR) is 90.8 cm³/mol. The first-order valence-corrected chi connectivity index (χ1v) is 8.52. The van der Waals surface area contributed by atoms with Crippen molar-refractivity contribution in [2.45, 2.75) is 25.0 Å². The van der Waals surface area contributed by atoms with Crippen molar-refractivity contribution in [2.75, 3.05) is 26.4 Å². The summed E-state index contributed by atoms with van der Waals surface area (Å²) >= 11 is 0. The van der Waals surface area contributed by atoms with Crippen LogP contribution in [-0.2, 0) is 22.3 Å². The summed E-state index contributed by atoms with van der Waals surface area (Å²) in [4.78, 5) is 0. The minimum absolute atomic E-state index is 0.299. The molecule has 0 amide bonds. The first-order chi connectivity index (χ1) is 11.8. The van der Waals surface area contributed by atoms with Crippen molar-refractivity contribution in [1.29, 1.82) is 0 Å². The Kier molecular flexibility index (Phi) is 4.67. The Labute approximate surface area is 142 Å². The number of hydrogen-bond acceptors (Lipinski definition) is 4. The minimum Gasteiger partial charge on any atom is -0.491 e. The van der Waals surface area contributed by atoms with Gasteiger partial charge in [0.05, 0.1) is 13.2 Å². The molecule has 2 heterocycles. The van der Waals surface area contributed by atoms with E-state index in [2.05, 4.69) is 24.3 Å². The topological polar surface area (TPSA) is 43.5 Å². The molecule has 0 N–H and O–H groups in total. The Hall–Kier alpha value is -2.04. The van der Waals surface area contributed by atoms with Crippen molar-refractivity contribution in [3.05, 3.63) is 59.7 Å². The molecule has 0 spiro atoms. The van der Waals surface area contributed by atoms with Crippen LogP contribution in [0.15, 0.2) is 48.5 Å². The summed E-state index contributed by atoms with van der Waals surface area (Å²) in [5.74, 6) is 1.82. The smallest absolute Gasteiger partial charge is 0.119 e. The summed E-state index contributed by atoms with van der Waals surface area (Å²) in [6.07, 6.45) is 2.63. The lowest BCUT2D eigenvalue weighted by molar-refractivity contribution is 0.263. The first-order valence-electron chi connectivity index (χ1n) is 8.52. The standard InChI is InChI=1S/C20H22O4/c1(15-3-7-17(8-4-15)21-11-19-13-23-19)2-16-5-9-18(10-6-16)22-12-20-14-24-20/h3-10,19-20H,1-2,11-14H2. The Morgan fingerprint density at radius 1 is 0.667 bits per heavy atom. The molecule has 2 fully saturated rings. The maximum absolute atomic E-state index is 5.66. The Balaban J connectivity index is 1.23. The van der Waals surface area contributed by atoms with Crippen molar-refractivity contribution < 1.29 is 18.9 Å². The number of ether oxygens (including phenoxy) is 4. The quantitative estimate of drug-likeness (QED) is 0.664. The molecule has 126 valence electrons. The second-order valence-electron chi connectivity index (χ2n) is 6.32. The number of rotatable bonds is 9. The van der Waals surface area contributed by atoms with E-state index in [9.17, 15) is 0 Å². The summed E-state index contributed by atoms with van der Waals surface area (Å²) in [7, 11) is 0. The van der Waals surface area contributed by atoms with Gasteiger partial charge in [0.1, 0.15) is 36.9 Å². The molecule has 2 aliphatic heterocycles. The summed E-state index contributed by atoms with van der Waals surface area (Å²) in [5.41, 5.74) is 2.63. The molecular weight excluding hydrogens is 304 g/mol. The lowest BCUT2D eigenvalue weighted by Crippen LogP contribution is -2.04. The van der Waals surface area contributed by atoms with Crippen LogP contribution in [0.3, 0.4) is 0 Å². The van der Waals surface area contributed by atoms with Gasteiger partial charge in [0, 0.05) is 0 Å². The Morgan fingerprint density at radius 2 is 1.04 bits per heavy atom. The van der Waals surface area contributed by atoms with E-state index in [4.69, 9.17) is 18.9 Å². The molecule has 4 heteroatoms. The summed E-state index contributed by atoms with van der Waals surface area (Å²) < 4.78 is 21.6. The normalized spacial score (nSPS) is 21.3. The third kappa shape index (κ3) is 4.73. The van der Waals surface area contributed by atoms with Crippen LogP contribution in [0.25, 0.3) is 0 Å². The van der Waals surface area contributed by atoms with Crippen LogP contribution < -0.4 is 9.47 Å². The van der Waals surface area contributed by atoms with Crippen LogP contribution >= 0.6 is 0 Å². The van der Waals surface area contributed by atoms with E-state index in [-0.39, 0.29) is 0 Å². The van der Waals surface area contributed by atoms with Gasteiger partial charge in [0.2, 0.25) is 0 Å². The van der Waals surface area contributed by atoms with Crippen LogP contribution in [0.5, 0.6) is 11.5 Å². The maximum atomic E-state index is 5.66. The molecule has 2 unspecified atom stereocenters. The van der Waals surface area contributed by atoms with Gasteiger partial charge >= 0.3 is 0 Å². The van der Waals surface area contributed by atoms with Crippen LogP contribution in [0.1, 0.15) is 11.1 Å². The molecule has 0 aliphatic carbocycles. The molecule has 2 aliphatic rings. The molecule has 2 aromatic rings. The molecule has 2 saturated heterocycles. The van der Waals surface area contributed by atoms with E-state index in [1.54, 1.807) is 0 Å². The highest BCUT2D eigenvalue weighted by atomic mass is 16.6. The summed E-state index contributed by atoms with van der Waals surface area (Å²) in [6.45, 7) is 2.97. The van der Waals surface area contributed by atoms with Gasteiger partial charge in [-0.05, 0) is 48.2 Å². The molecule has 4 rings (SSSR count). The Bertz CT molecular complexity index is 583. The second-order valence-corrected chi connectivity index (χ2v) is 6.32. The van der Waals surface area contributed by atoms with E-state index in [0.29, 0.717) is 25.4 Å². The molecule has 2 aromatic carbocycles. The largest absolute Gasteiger partial charge is 0.491 e. The van der Waals surface area contributed by atoms with E-state index in [1.807, 2.05) is 24.3 Å². The fourth-order valence-electron chi connectivity index (χ4n) is 2.50. The number of benzene rings is 2. The zero-order valence-corrected chi connectivity index (χ0v) is 13.6. The lowest BCUT2D eigenvalue weighted by Gasteiger charge is -2.07. The molecule has 24 heavy (non-hydrogen) atoms. The third-order valence-corrected chi connectivity index (χ3v) is 4.23. The van der Waals surface area contributed by atoms with Gasteiger partial charge in [0.15, 0.2) is 0 Å². The second kappa shape index (κ2) is 7.24. The fourth-order valence-corrected chi connectivity index (χ4v) is 2.50. The molecule has 2 atom stereocenters. The van der Waals surface area contributed by atoms with Crippen molar-refractivity contribution in [3.8, 4) is 11.5 Å². The van der Waals surface area contributed by atoms with E-state index < -0.39 is 0 Å². The van der Waals surface area contributed by atoms with Gasteiger partial charge < -0.3 is 18.9 Å². The molecule has 4 nitrogen and oxygen atoms in total. The predicted octanol–water partition coefficient (Wildman–Crippen LogP) is 3.03. The van der Waals surface area contributed by atoms with Crippen molar-refractivity contribution in [3.63, 3.8) is 0 Å². The zero-order chi connectivity index (χ0) is 16.2. The highest BCUT2D eigenvalue weighted by Gasteiger charge is 2.23. The average Bonchev–Trinajstić information content (AvgIpc) is 3.53. The van der Waals surface area contributed by atoms with Crippen molar-refractivity contribution in [2.24, 2.45) is 0 Å². The van der Waals surface area contributed by atoms with Gasteiger partial charge in [-0.2, -0.15) is 0 Å². The zero-order valence-electron chi connectivity index (χ0n) is 13.6. The van der Waals surface area contributed by atoms with Crippen LogP contribution in [0.4, 0.5) is 0 Å². The monoisotopic (exact) mass is 326 g/mol. The van der Waals surface area contributed by atoms with Gasteiger partial charge in [0.25, 0.3) is 0 Å². The average molecular weight is 326 g/mol. The lowest BCUT2D eigenvalue weighted by atomic mass is 10.0. The van der Waals surface area contributed by atoms with Crippen LogP contribution in [0.2, 0.25) is 0 Å². The SMILES string of the molecule is c1cc(OCC2CO2)ccc1CCc1ccc(OCC2CO2)cc1. The third-order valence-electron chi connectivity index (χ3n) is 4.23. The van der Waals surface area contributed by atoms with Crippen molar-refractivity contribution >= 4 is 0 Å². The van der Waals surface area contributed by atoms with E-state index in [0.717, 1.165) is 37.6 Å². The summed E-state index contributed by atoms with van der Waals surface area (Å²) in [6, 6.07) is 16.7. The highest BCUT2D eigenvalue weighted by Crippen LogP contribution is 2.19. The van der Waals surface area contributed by atoms with E-state index >= 15 is 0 Å². The van der Waals surface area contributed by atoms with Crippen LogP contribution in [0, 0.1) is 0 Å². The molecule has 0 bridgehead atoms. The number of aryl methyl sites for hydroxylation is 2. The fraction of sp³-hybridized carbons (Fsp3) is 0.400. The maximum Gasteiger partial charge on any atom is 0.119 e. The summed E-state index contributed by atoms with van der Waals surface area (Å²) in [5, 5.41) is 0. The van der Waals surface area contributed by atoms with Gasteiger partial charge in [-0.15, -0.1) is 0 Å². The minimum atomic E-state index is 0.299. The highest BCUT2D eigenvalue weighted by molar-refractivity contribution is 5.30. The number of hydrogen-bond donors (Lipinski definition) is 0. The Morgan fingerprint density at radius 3 is 1.38 bits per heavy atom.